The zero-order valence-corrected chi connectivity index (χ0v) is 18.9. The first-order valence-corrected chi connectivity index (χ1v) is 11.9. The molecule has 1 aliphatic rings. The van der Waals surface area contributed by atoms with Gasteiger partial charge in [-0.05, 0) is 39.0 Å². The van der Waals surface area contributed by atoms with E-state index in [1.54, 1.807) is 26.8 Å². The lowest BCUT2D eigenvalue weighted by atomic mass is 10.1. The van der Waals surface area contributed by atoms with Crippen LogP contribution in [0.5, 0.6) is 5.75 Å². The van der Waals surface area contributed by atoms with Gasteiger partial charge in [0.2, 0.25) is 0 Å². The van der Waals surface area contributed by atoms with E-state index >= 15 is 0 Å². The van der Waals surface area contributed by atoms with E-state index in [1.807, 2.05) is 0 Å². The van der Waals surface area contributed by atoms with Crippen LogP contribution in [-0.2, 0) is 9.84 Å². The molecule has 3 aromatic rings. The lowest BCUT2D eigenvalue weighted by Crippen LogP contribution is -2.63. The number of hydrogen-bond donors (Lipinski definition) is 1. The number of nitrogens with zero attached hydrogens (tertiary/aromatic N) is 3. The zero-order valence-electron chi connectivity index (χ0n) is 18.1. The van der Waals surface area contributed by atoms with Crippen molar-refractivity contribution in [3.05, 3.63) is 52.7 Å². The molecule has 0 aliphatic carbocycles. The van der Waals surface area contributed by atoms with Gasteiger partial charge in [0.1, 0.15) is 11.4 Å². The smallest absolute Gasteiger partial charge is 0.387 e. The number of rotatable bonds is 6. The molecular formula is C21H22F2N4O5S. The fourth-order valence-corrected chi connectivity index (χ4v) is 6.13. The molecule has 0 saturated carbocycles. The second-order valence-corrected chi connectivity index (χ2v) is 10.6. The van der Waals surface area contributed by atoms with E-state index in [9.17, 15) is 26.8 Å². The van der Waals surface area contributed by atoms with Crippen LogP contribution < -0.4 is 15.7 Å². The van der Waals surface area contributed by atoms with Gasteiger partial charge in [-0.3, -0.25) is 13.9 Å². The lowest BCUT2D eigenvalue weighted by molar-refractivity contribution is -0.0498. The summed E-state index contributed by atoms with van der Waals surface area (Å²) in [5.74, 6) is -0.972. The van der Waals surface area contributed by atoms with Gasteiger partial charge in [-0.1, -0.05) is 6.07 Å². The molecule has 0 bridgehead atoms. The van der Waals surface area contributed by atoms with Crippen molar-refractivity contribution >= 4 is 26.8 Å². The molecule has 0 spiro atoms. The molecule has 1 amide bonds. The second kappa shape index (κ2) is 7.94. The highest BCUT2D eigenvalue weighted by Crippen LogP contribution is 2.26. The molecule has 12 heteroatoms. The molecule has 3 heterocycles. The first kappa shape index (κ1) is 22.9. The third kappa shape index (κ3) is 4.34. The maximum atomic E-state index is 13.2. The van der Waals surface area contributed by atoms with Crippen molar-refractivity contribution in [2.24, 2.45) is 0 Å². The van der Waals surface area contributed by atoms with Crippen LogP contribution in [0, 0.1) is 0 Å². The number of halogens is 2. The van der Waals surface area contributed by atoms with Gasteiger partial charge in [0.05, 0.1) is 40.0 Å². The molecule has 0 atom stereocenters. The van der Waals surface area contributed by atoms with Gasteiger partial charge in [0, 0.05) is 12.1 Å². The van der Waals surface area contributed by atoms with Gasteiger partial charge in [0.15, 0.2) is 9.84 Å². The maximum absolute atomic E-state index is 13.2. The molecule has 4 rings (SSSR count). The number of nitrogens with one attached hydrogen (secondary N) is 1. The second-order valence-electron chi connectivity index (χ2n) is 8.56. The number of benzene rings is 1. The number of sulfone groups is 1. The Labute approximate surface area is 187 Å². The van der Waals surface area contributed by atoms with E-state index in [-0.39, 0.29) is 29.0 Å². The van der Waals surface area contributed by atoms with Gasteiger partial charge < -0.3 is 10.1 Å². The fraction of sp³-hybridized carbons (Fsp3) is 0.381. The van der Waals surface area contributed by atoms with Gasteiger partial charge in [0.25, 0.3) is 5.91 Å². The summed E-state index contributed by atoms with van der Waals surface area (Å²) in [5.41, 5.74) is -0.200. The van der Waals surface area contributed by atoms with Crippen molar-refractivity contribution in [2.45, 2.75) is 39.0 Å². The molecule has 176 valence electrons. The minimum atomic E-state index is -3.15. The molecule has 0 radical (unpaired) electrons. The summed E-state index contributed by atoms with van der Waals surface area (Å²) < 4.78 is 55.5. The van der Waals surface area contributed by atoms with Crippen molar-refractivity contribution in [3.8, 4) is 11.4 Å². The Morgan fingerprint density at radius 1 is 1.21 bits per heavy atom. The summed E-state index contributed by atoms with van der Waals surface area (Å²) in [6.45, 7) is 2.22. The average Bonchev–Trinajstić information content (AvgIpc) is 2.96. The van der Waals surface area contributed by atoms with Gasteiger partial charge in [-0.2, -0.15) is 8.78 Å². The van der Waals surface area contributed by atoms with Crippen molar-refractivity contribution in [1.82, 2.24) is 19.4 Å². The van der Waals surface area contributed by atoms with Crippen LogP contribution >= 0.6 is 0 Å². The summed E-state index contributed by atoms with van der Waals surface area (Å²) in [7, 11) is -3.15. The molecule has 1 aromatic carbocycles. The number of aromatic nitrogens is 3. The molecule has 33 heavy (non-hydrogen) atoms. The Morgan fingerprint density at radius 2 is 1.91 bits per heavy atom. The molecule has 0 unspecified atom stereocenters. The molecule has 2 aromatic heterocycles. The van der Waals surface area contributed by atoms with Crippen LogP contribution in [0.4, 0.5) is 8.78 Å². The minimum Gasteiger partial charge on any atom is -0.435 e. The number of carbonyl (C=O) groups excluding carboxylic acids is 1. The van der Waals surface area contributed by atoms with E-state index < -0.39 is 33.6 Å². The summed E-state index contributed by atoms with van der Waals surface area (Å²) in [5, 5.41) is 2.69. The predicted molar refractivity (Wildman–Crippen MR) is 117 cm³/mol. The van der Waals surface area contributed by atoms with Crippen LogP contribution in [0.1, 0.15) is 37.3 Å². The monoisotopic (exact) mass is 480 g/mol. The van der Waals surface area contributed by atoms with Crippen molar-refractivity contribution < 1.29 is 26.7 Å². The zero-order chi connectivity index (χ0) is 24.1. The van der Waals surface area contributed by atoms with Gasteiger partial charge in [-0.25, -0.2) is 18.2 Å². The third-order valence-electron chi connectivity index (χ3n) is 5.30. The number of pyridine rings is 1. The topological polar surface area (TPSA) is 112 Å². The van der Waals surface area contributed by atoms with Crippen LogP contribution in [0.25, 0.3) is 16.7 Å². The first-order chi connectivity index (χ1) is 15.4. The van der Waals surface area contributed by atoms with E-state index in [4.69, 9.17) is 0 Å². The third-order valence-corrected chi connectivity index (χ3v) is 7.46. The Hall–Kier alpha value is -3.28. The number of hydrogen-bond acceptors (Lipinski definition) is 6. The summed E-state index contributed by atoms with van der Waals surface area (Å²) in [6, 6.07) is 6.90. The molecule has 1 fully saturated rings. The number of fused-ring (bicyclic) bond motifs is 1. The SMILES string of the molecule is CC(C)n1c(=O)n(-c2cccc(OC(F)F)c2)c2cnc(C(=O)NC3(C)CS(=O)(=O)C3)cc21. The number of imidazole rings is 1. The van der Waals surface area contributed by atoms with E-state index in [2.05, 4.69) is 15.0 Å². The highest BCUT2D eigenvalue weighted by Gasteiger charge is 2.46. The molecular weight excluding hydrogens is 458 g/mol. The van der Waals surface area contributed by atoms with Crippen molar-refractivity contribution in [2.75, 3.05) is 11.5 Å². The van der Waals surface area contributed by atoms with Crippen LogP contribution in [0.2, 0.25) is 0 Å². The summed E-state index contributed by atoms with van der Waals surface area (Å²) in [6.07, 6.45) is 1.35. The molecule has 1 aliphatic heterocycles. The summed E-state index contributed by atoms with van der Waals surface area (Å²) in [4.78, 5) is 30.2. The van der Waals surface area contributed by atoms with Crippen molar-refractivity contribution in [1.29, 1.82) is 0 Å². The van der Waals surface area contributed by atoms with Crippen LogP contribution in [0.3, 0.4) is 0 Å². The van der Waals surface area contributed by atoms with E-state index in [0.29, 0.717) is 16.7 Å². The highest BCUT2D eigenvalue weighted by atomic mass is 32.2. The Bertz CT molecular complexity index is 1400. The molecule has 1 N–H and O–H groups in total. The largest absolute Gasteiger partial charge is 0.435 e. The van der Waals surface area contributed by atoms with Crippen LogP contribution in [-0.4, -0.2) is 52.1 Å². The predicted octanol–water partition coefficient (Wildman–Crippen LogP) is 2.29. The van der Waals surface area contributed by atoms with E-state index in [0.717, 1.165) is 0 Å². The van der Waals surface area contributed by atoms with E-state index in [1.165, 1.54) is 39.6 Å². The number of carbonyl (C=O) groups is 1. The highest BCUT2D eigenvalue weighted by molar-refractivity contribution is 7.93. The lowest BCUT2D eigenvalue weighted by Gasteiger charge is -2.38. The standard InChI is InChI=1S/C21H22F2N4O5S/c1-12(2)26-16-8-15(18(28)25-21(3)10-33(30,31)11-21)24-9-17(16)27(20(26)29)13-5-4-6-14(7-13)32-19(22)23/h4-9,12,19H,10-11H2,1-3H3,(H,25,28). The fourth-order valence-electron chi connectivity index (χ4n) is 4.13. The van der Waals surface area contributed by atoms with Gasteiger partial charge >= 0.3 is 12.3 Å². The Balaban J connectivity index is 1.78. The normalized spacial score (nSPS) is 16.7. The quantitative estimate of drug-likeness (QED) is 0.579. The average molecular weight is 480 g/mol. The van der Waals surface area contributed by atoms with Gasteiger partial charge in [-0.15, -0.1) is 0 Å². The summed E-state index contributed by atoms with van der Waals surface area (Å²) >= 11 is 0. The first-order valence-electron chi connectivity index (χ1n) is 10.1. The maximum Gasteiger partial charge on any atom is 0.387 e. The number of amides is 1. The number of alkyl halides is 2. The van der Waals surface area contributed by atoms with Crippen molar-refractivity contribution in [3.63, 3.8) is 0 Å². The molecule has 1 saturated heterocycles. The van der Waals surface area contributed by atoms with Crippen LogP contribution in [0.15, 0.2) is 41.3 Å². The molecule has 9 nitrogen and oxygen atoms in total. The Kier molecular flexibility index (Phi) is 5.51. The number of ether oxygens (including phenoxy) is 1. The minimum absolute atomic E-state index is 0.0226. The Morgan fingerprint density at radius 3 is 2.52 bits per heavy atom.